The second kappa shape index (κ2) is 6.36. The molecule has 4 nitrogen and oxygen atoms in total. The van der Waals surface area contributed by atoms with E-state index >= 15 is 0 Å². The van der Waals surface area contributed by atoms with Crippen LogP contribution in [-0.2, 0) is 22.9 Å². The zero-order valence-electron chi connectivity index (χ0n) is 12.1. The summed E-state index contributed by atoms with van der Waals surface area (Å²) in [5, 5.41) is 0.935. The van der Waals surface area contributed by atoms with Crippen LogP contribution >= 0.6 is 15.9 Å². The highest BCUT2D eigenvalue weighted by atomic mass is 79.9. The fraction of sp³-hybridized carbons (Fsp3) is 0.600. The van der Waals surface area contributed by atoms with Crippen molar-refractivity contribution in [2.24, 2.45) is 0 Å². The van der Waals surface area contributed by atoms with E-state index in [2.05, 4.69) is 20.8 Å². The molecule has 6 heteroatoms. The quantitative estimate of drug-likeness (QED) is 0.757. The number of alkyl halides is 1. The van der Waals surface area contributed by atoms with Crippen molar-refractivity contribution in [3.05, 3.63) is 29.3 Å². The number of benzene rings is 1. The van der Waals surface area contributed by atoms with Gasteiger partial charge < -0.3 is 0 Å². The summed E-state index contributed by atoms with van der Waals surface area (Å²) in [7, 11) is -3.33. The van der Waals surface area contributed by atoms with Crippen molar-refractivity contribution in [3.63, 3.8) is 0 Å². The summed E-state index contributed by atoms with van der Waals surface area (Å²) in [6, 6.07) is 5.67. The van der Waals surface area contributed by atoms with Gasteiger partial charge in [0, 0.05) is 38.1 Å². The molecule has 0 amide bonds. The Bertz CT molecular complexity index is 610. The topological polar surface area (TPSA) is 40.6 Å². The minimum Gasteiger partial charge on any atom is -0.300 e. The average molecular weight is 373 g/mol. The summed E-state index contributed by atoms with van der Waals surface area (Å²) in [5.74, 6) is 0. The lowest BCUT2D eigenvalue weighted by molar-refractivity contribution is 0.198. The number of fused-ring (bicyclic) bond motifs is 1. The van der Waals surface area contributed by atoms with Crippen LogP contribution < -0.4 is 0 Å². The number of nitrogens with zero attached hydrogens (tertiary/aromatic N) is 2. The molecule has 0 radical (unpaired) electrons. The van der Waals surface area contributed by atoms with Crippen molar-refractivity contribution < 1.29 is 8.42 Å². The molecule has 0 saturated carbocycles. The third-order valence-electron chi connectivity index (χ3n) is 4.44. The van der Waals surface area contributed by atoms with Crippen LogP contribution in [0.4, 0.5) is 0 Å². The Morgan fingerprint density at radius 2 is 1.76 bits per heavy atom. The van der Waals surface area contributed by atoms with Crippen molar-refractivity contribution in [2.75, 3.05) is 38.1 Å². The zero-order chi connectivity index (χ0) is 14.9. The molecule has 116 valence electrons. The van der Waals surface area contributed by atoms with E-state index < -0.39 is 10.0 Å². The van der Waals surface area contributed by atoms with Gasteiger partial charge in [0.1, 0.15) is 0 Å². The van der Waals surface area contributed by atoms with Gasteiger partial charge >= 0.3 is 0 Å². The molecule has 21 heavy (non-hydrogen) atoms. The van der Waals surface area contributed by atoms with Gasteiger partial charge in [0.25, 0.3) is 0 Å². The summed E-state index contributed by atoms with van der Waals surface area (Å²) in [4.78, 5) is 2.76. The van der Waals surface area contributed by atoms with Crippen LogP contribution in [0.25, 0.3) is 0 Å². The summed E-state index contributed by atoms with van der Waals surface area (Å²) < 4.78 is 27.1. The molecule has 2 aliphatic rings. The highest BCUT2D eigenvalue weighted by Crippen LogP contribution is 2.26. The monoisotopic (exact) mass is 372 g/mol. The van der Waals surface area contributed by atoms with Crippen molar-refractivity contribution in [1.29, 1.82) is 0 Å². The fourth-order valence-electron chi connectivity index (χ4n) is 3.17. The van der Waals surface area contributed by atoms with Gasteiger partial charge in [0.15, 0.2) is 0 Å². The maximum Gasteiger partial charge on any atom is 0.243 e. The SMILES string of the molecule is O=S(=O)(c1ccc2c(c1)CCC2)N1CCN(CCBr)CC1. The Kier molecular flexibility index (Phi) is 4.69. The number of halogens is 1. The molecule has 1 aromatic rings. The molecule has 3 rings (SSSR count). The van der Waals surface area contributed by atoms with Gasteiger partial charge in [0.05, 0.1) is 4.90 Å². The molecule has 0 aromatic heterocycles. The van der Waals surface area contributed by atoms with E-state index in [-0.39, 0.29) is 0 Å². The van der Waals surface area contributed by atoms with E-state index in [0.29, 0.717) is 18.0 Å². The van der Waals surface area contributed by atoms with E-state index in [1.807, 2.05) is 12.1 Å². The van der Waals surface area contributed by atoms with Gasteiger partial charge in [-0.05, 0) is 42.5 Å². The van der Waals surface area contributed by atoms with Crippen LogP contribution in [0, 0.1) is 0 Å². The van der Waals surface area contributed by atoms with Crippen LogP contribution in [0.2, 0.25) is 0 Å². The smallest absolute Gasteiger partial charge is 0.243 e. The second-order valence-electron chi connectivity index (χ2n) is 5.72. The fourth-order valence-corrected chi connectivity index (χ4v) is 5.15. The van der Waals surface area contributed by atoms with Crippen LogP contribution in [0.15, 0.2) is 23.1 Å². The molecule has 1 heterocycles. The van der Waals surface area contributed by atoms with Crippen molar-refractivity contribution in [3.8, 4) is 0 Å². The Hall–Kier alpha value is -0.430. The van der Waals surface area contributed by atoms with Crippen LogP contribution in [0.1, 0.15) is 17.5 Å². The Morgan fingerprint density at radius 3 is 2.48 bits per heavy atom. The standard InChI is InChI=1S/C15H21BrN2O2S/c16-6-7-17-8-10-18(11-9-17)21(19,20)15-5-4-13-2-1-3-14(13)12-15/h4-5,12H,1-3,6-11H2. The molecule has 1 aromatic carbocycles. The molecule has 0 spiro atoms. The van der Waals surface area contributed by atoms with E-state index in [9.17, 15) is 8.42 Å². The minimum absolute atomic E-state index is 0.470. The Balaban J connectivity index is 1.75. The van der Waals surface area contributed by atoms with Crippen molar-refractivity contribution in [2.45, 2.75) is 24.2 Å². The van der Waals surface area contributed by atoms with Crippen LogP contribution in [-0.4, -0.2) is 55.7 Å². The highest BCUT2D eigenvalue weighted by Gasteiger charge is 2.29. The molecule has 1 aliphatic carbocycles. The highest BCUT2D eigenvalue weighted by molar-refractivity contribution is 9.09. The van der Waals surface area contributed by atoms with Crippen molar-refractivity contribution in [1.82, 2.24) is 9.21 Å². The summed E-state index contributed by atoms with van der Waals surface area (Å²) in [6.45, 7) is 3.79. The molecular formula is C15H21BrN2O2S. The normalized spacial score (nSPS) is 20.6. The zero-order valence-corrected chi connectivity index (χ0v) is 14.5. The molecule has 1 fully saturated rings. The summed E-state index contributed by atoms with van der Waals surface area (Å²) in [5.41, 5.74) is 2.53. The van der Waals surface area contributed by atoms with E-state index in [4.69, 9.17) is 0 Å². The maximum absolute atomic E-state index is 12.7. The third-order valence-corrected chi connectivity index (χ3v) is 6.69. The maximum atomic E-state index is 12.7. The van der Waals surface area contributed by atoms with Gasteiger partial charge in [-0.25, -0.2) is 8.42 Å². The van der Waals surface area contributed by atoms with Gasteiger partial charge in [0.2, 0.25) is 10.0 Å². The van der Waals surface area contributed by atoms with Crippen LogP contribution in [0.3, 0.4) is 0 Å². The van der Waals surface area contributed by atoms with E-state index in [1.165, 1.54) is 11.1 Å². The number of rotatable bonds is 4. The van der Waals surface area contributed by atoms with Crippen molar-refractivity contribution >= 4 is 26.0 Å². The number of hydrogen-bond acceptors (Lipinski definition) is 3. The number of aryl methyl sites for hydroxylation is 2. The molecule has 1 saturated heterocycles. The Labute approximate surface area is 135 Å². The van der Waals surface area contributed by atoms with Gasteiger partial charge in [-0.3, -0.25) is 4.90 Å². The summed E-state index contributed by atoms with van der Waals surface area (Å²) in [6.07, 6.45) is 3.24. The second-order valence-corrected chi connectivity index (χ2v) is 8.45. The molecule has 0 unspecified atom stereocenters. The number of hydrogen-bond donors (Lipinski definition) is 0. The minimum atomic E-state index is -3.33. The first-order valence-electron chi connectivity index (χ1n) is 7.51. The van der Waals surface area contributed by atoms with E-state index in [0.717, 1.165) is 44.2 Å². The first-order valence-corrected chi connectivity index (χ1v) is 10.1. The lowest BCUT2D eigenvalue weighted by Gasteiger charge is -2.33. The van der Waals surface area contributed by atoms with Crippen LogP contribution in [0.5, 0.6) is 0 Å². The molecular weight excluding hydrogens is 352 g/mol. The molecule has 0 bridgehead atoms. The lowest BCUT2D eigenvalue weighted by Crippen LogP contribution is -2.48. The predicted octanol–water partition coefficient (Wildman–Crippen LogP) is 1.88. The average Bonchev–Trinajstić information content (AvgIpc) is 2.95. The first kappa shape index (κ1) is 15.5. The molecule has 1 aliphatic heterocycles. The lowest BCUT2D eigenvalue weighted by atomic mass is 10.1. The van der Waals surface area contributed by atoms with Gasteiger partial charge in [-0.15, -0.1) is 0 Å². The van der Waals surface area contributed by atoms with Gasteiger partial charge in [-0.1, -0.05) is 22.0 Å². The number of piperazine rings is 1. The first-order chi connectivity index (χ1) is 10.1. The molecule has 0 atom stereocenters. The summed E-state index contributed by atoms with van der Waals surface area (Å²) >= 11 is 3.43. The van der Waals surface area contributed by atoms with Gasteiger partial charge in [-0.2, -0.15) is 4.31 Å². The Morgan fingerprint density at radius 1 is 1.05 bits per heavy atom. The predicted molar refractivity (Wildman–Crippen MR) is 87.5 cm³/mol. The largest absolute Gasteiger partial charge is 0.300 e. The third kappa shape index (κ3) is 3.18. The van der Waals surface area contributed by atoms with E-state index in [1.54, 1.807) is 10.4 Å². The number of sulfonamides is 1. The molecule has 0 N–H and O–H groups in total.